The molecule has 0 aliphatic carbocycles. The fourth-order valence-electron chi connectivity index (χ4n) is 0.739. The SMILES string of the molecule is OC(COCC1CO1)COC(F)(F)F. The van der Waals surface area contributed by atoms with E-state index in [0.29, 0.717) is 13.2 Å². The van der Waals surface area contributed by atoms with E-state index in [-0.39, 0.29) is 12.7 Å². The van der Waals surface area contributed by atoms with E-state index in [4.69, 9.17) is 14.6 Å². The third-order valence-electron chi connectivity index (χ3n) is 1.46. The highest BCUT2D eigenvalue weighted by atomic mass is 19.4. The molecular weight excluding hydrogens is 205 g/mol. The van der Waals surface area contributed by atoms with E-state index in [2.05, 4.69) is 4.74 Å². The zero-order valence-corrected chi connectivity index (χ0v) is 7.29. The van der Waals surface area contributed by atoms with E-state index < -0.39 is 19.1 Å². The van der Waals surface area contributed by atoms with Crippen molar-refractivity contribution in [3.63, 3.8) is 0 Å². The van der Waals surface area contributed by atoms with Gasteiger partial charge in [-0.1, -0.05) is 0 Å². The average Bonchev–Trinajstić information content (AvgIpc) is 2.83. The van der Waals surface area contributed by atoms with Crippen LogP contribution in [-0.2, 0) is 14.2 Å². The molecule has 84 valence electrons. The average molecular weight is 216 g/mol. The molecule has 0 saturated carbocycles. The number of aliphatic hydroxyl groups excluding tert-OH is 1. The predicted molar refractivity (Wildman–Crippen MR) is 38.6 cm³/mol. The first-order chi connectivity index (χ1) is 6.47. The first kappa shape index (κ1) is 11.7. The molecule has 7 heteroatoms. The van der Waals surface area contributed by atoms with Crippen molar-refractivity contribution in [2.75, 3.05) is 26.4 Å². The molecule has 1 saturated heterocycles. The van der Waals surface area contributed by atoms with E-state index in [9.17, 15) is 13.2 Å². The molecule has 0 radical (unpaired) electrons. The van der Waals surface area contributed by atoms with E-state index in [1.165, 1.54) is 0 Å². The van der Waals surface area contributed by atoms with Gasteiger partial charge in [-0.3, -0.25) is 4.74 Å². The molecular formula is C7H11F3O4. The number of hydrogen-bond acceptors (Lipinski definition) is 4. The lowest BCUT2D eigenvalue weighted by molar-refractivity contribution is -0.331. The van der Waals surface area contributed by atoms with Gasteiger partial charge in [-0.2, -0.15) is 0 Å². The summed E-state index contributed by atoms with van der Waals surface area (Å²) in [7, 11) is 0. The molecule has 0 bridgehead atoms. The Kier molecular flexibility index (Phi) is 4.11. The number of halogens is 3. The van der Waals surface area contributed by atoms with Gasteiger partial charge in [0.2, 0.25) is 0 Å². The summed E-state index contributed by atoms with van der Waals surface area (Å²) in [5, 5.41) is 8.95. The second kappa shape index (κ2) is 4.92. The van der Waals surface area contributed by atoms with Gasteiger partial charge in [0.25, 0.3) is 0 Å². The Balaban J connectivity index is 1.94. The number of ether oxygens (including phenoxy) is 3. The van der Waals surface area contributed by atoms with Crippen LogP contribution in [0.25, 0.3) is 0 Å². The van der Waals surface area contributed by atoms with Crippen LogP contribution >= 0.6 is 0 Å². The first-order valence-corrected chi connectivity index (χ1v) is 4.05. The summed E-state index contributed by atoms with van der Waals surface area (Å²) in [6.45, 7) is -0.0941. The van der Waals surface area contributed by atoms with Gasteiger partial charge in [0, 0.05) is 0 Å². The maximum absolute atomic E-state index is 11.5. The minimum Gasteiger partial charge on any atom is -0.388 e. The van der Waals surface area contributed by atoms with Crippen molar-refractivity contribution in [3.05, 3.63) is 0 Å². The lowest BCUT2D eigenvalue weighted by Gasteiger charge is -2.12. The number of alkyl halides is 3. The normalized spacial score (nSPS) is 23.6. The minimum atomic E-state index is -4.71. The second-order valence-corrected chi connectivity index (χ2v) is 2.90. The Morgan fingerprint density at radius 1 is 1.43 bits per heavy atom. The van der Waals surface area contributed by atoms with Crippen LogP contribution in [0.5, 0.6) is 0 Å². The van der Waals surface area contributed by atoms with E-state index in [1.54, 1.807) is 0 Å². The molecule has 0 aromatic heterocycles. The molecule has 4 nitrogen and oxygen atoms in total. The summed E-state index contributed by atoms with van der Waals surface area (Å²) in [6, 6.07) is 0. The molecule has 1 rings (SSSR count). The lowest BCUT2D eigenvalue weighted by atomic mass is 10.4. The van der Waals surface area contributed by atoms with Gasteiger partial charge in [-0.05, 0) is 0 Å². The molecule has 1 aliphatic heterocycles. The Bertz CT molecular complexity index is 169. The van der Waals surface area contributed by atoms with Crippen molar-refractivity contribution in [2.24, 2.45) is 0 Å². The summed E-state index contributed by atoms with van der Waals surface area (Å²) in [5.74, 6) is 0. The molecule has 1 aliphatic rings. The topological polar surface area (TPSA) is 51.2 Å². The fourth-order valence-corrected chi connectivity index (χ4v) is 0.739. The highest BCUT2D eigenvalue weighted by Gasteiger charge is 2.30. The number of hydrogen-bond donors (Lipinski definition) is 1. The highest BCUT2D eigenvalue weighted by Crippen LogP contribution is 2.16. The largest absolute Gasteiger partial charge is 0.522 e. The molecule has 0 amide bonds. The quantitative estimate of drug-likeness (QED) is 0.649. The molecule has 1 heterocycles. The van der Waals surface area contributed by atoms with E-state index >= 15 is 0 Å². The fraction of sp³-hybridized carbons (Fsp3) is 1.00. The maximum atomic E-state index is 11.5. The molecule has 0 aromatic carbocycles. The zero-order valence-electron chi connectivity index (χ0n) is 7.29. The summed E-state index contributed by atoms with van der Waals surface area (Å²) < 4.78 is 47.5. The van der Waals surface area contributed by atoms with Crippen molar-refractivity contribution < 1.29 is 32.5 Å². The summed E-state index contributed by atoms with van der Waals surface area (Å²) >= 11 is 0. The molecule has 1 N–H and O–H groups in total. The van der Waals surface area contributed by atoms with Crippen molar-refractivity contribution in [1.82, 2.24) is 0 Å². The van der Waals surface area contributed by atoms with Crippen LogP contribution in [-0.4, -0.2) is 50.1 Å². The molecule has 2 unspecified atom stereocenters. The second-order valence-electron chi connectivity index (χ2n) is 2.90. The Morgan fingerprint density at radius 2 is 2.07 bits per heavy atom. The van der Waals surface area contributed by atoms with Crippen LogP contribution in [0.2, 0.25) is 0 Å². The van der Waals surface area contributed by atoms with E-state index in [1.807, 2.05) is 0 Å². The summed E-state index contributed by atoms with van der Waals surface area (Å²) in [5.41, 5.74) is 0. The molecule has 2 atom stereocenters. The van der Waals surface area contributed by atoms with Gasteiger partial charge in [0.15, 0.2) is 0 Å². The van der Waals surface area contributed by atoms with Crippen LogP contribution in [0, 0.1) is 0 Å². The predicted octanol–water partition coefficient (Wildman–Crippen LogP) is 0.299. The smallest absolute Gasteiger partial charge is 0.388 e. The van der Waals surface area contributed by atoms with Gasteiger partial charge in [0.1, 0.15) is 12.2 Å². The van der Waals surface area contributed by atoms with Gasteiger partial charge in [-0.15, -0.1) is 13.2 Å². The van der Waals surface area contributed by atoms with Gasteiger partial charge in [-0.25, -0.2) is 0 Å². The summed E-state index contributed by atoms with van der Waals surface area (Å²) in [6.07, 6.45) is -5.94. The summed E-state index contributed by atoms with van der Waals surface area (Å²) in [4.78, 5) is 0. The molecule has 1 fully saturated rings. The van der Waals surface area contributed by atoms with Crippen molar-refractivity contribution in [2.45, 2.75) is 18.6 Å². The van der Waals surface area contributed by atoms with Crippen LogP contribution < -0.4 is 0 Å². The third kappa shape index (κ3) is 6.14. The van der Waals surface area contributed by atoms with Crippen LogP contribution in [0.3, 0.4) is 0 Å². The van der Waals surface area contributed by atoms with Crippen LogP contribution in [0.15, 0.2) is 0 Å². The molecule has 0 aromatic rings. The van der Waals surface area contributed by atoms with Gasteiger partial charge in [0.05, 0.1) is 26.4 Å². The Morgan fingerprint density at radius 3 is 2.57 bits per heavy atom. The Hall–Kier alpha value is -0.370. The number of epoxide rings is 1. The maximum Gasteiger partial charge on any atom is 0.522 e. The monoisotopic (exact) mass is 216 g/mol. The van der Waals surface area contributed by atoms with Crippen LogP contribution in [0.4, 0.5) is 13.2 Å². The van der Waals surface area contributed by atoms with Gasteiger partial charge < -0.3 is 14.6 Å². The first-order valence-electron chi connectivity index (χ1n) is 4.05. The van der Waals surface area contributed by atoms with E-state index in [0.717, 1.165) is 0 Å². The zero-order chi connectivity index (χ0) is 10.6. The molecule has 14 heavy (non-hydrogen) atoms. The standard InChI is InChI=1S/C7H11F3O4/c8-7(9,10)14-2-5(11)1-12-3-6-4-13-6/h5-6,11H,1-4H2. The van der Waals surface area contributed by atoms with Crippen LogP contribution in [0.1, 0.15) is 0 Å². The van der Waals surface area contributed by atoms with Gasteiger partial charge >= 0.3 is 6.36 Å². The Labute approximate surface area is 78.6 Å². The molecule has 0 spiro atoms. The number of rotatable bonds is 6. The van der Waals surface area contributed by atoms with Crippen molar-refractivity contribution >= 4 is 0 Å². The van der Waals surface area contributed by atoms with Crippen molar-refractivity contribution in [3.8, 4) is 0 Å². The minimum absolute atomic E-state index is 0.0331. The number of aliphatic hydroxyl groups is 1. The highest BCUT2D eigenvalue weighted by molar-refractivity contribution is 4.67. The third-order valence-corrected chi connectivity index (χ3v) is 1.46. The van der Waals surface area contributed by atoms with Crippen molar-refractivity contribution in [1.29, 1.82) is 0 Å². The lowest BCUT2D eigenvalue weighted by Crippen LogP contribution is -2.27.